The number of alkyl carbamates (subject to hydrolysis) is 1. The van der Waals surface area contributed by atoms with Crippen LogP contribution < -0.4 is 20.1 Å². The van der Waals surface area contributed by atoms with Crippen LogP contribution in [0.4, 0.5) is 16.2 Å². The molecule has 2 aromatic carbocycles. The average Bonchev–Trinajstić information content (AvgIpc) is 2.68. The minimum atomic E-state index is -4.03. The number of anilines is 2. The lowest BCUT2D eigenvalue weighted by atomic mass is 10.2. The Bertz CT molecular complexity index is 1080. The van der Waals surface area contributed by atoms with Crippen LogP contribution >= 0.6 is 0 Å². The molecule has 0 bridgehead atoms. The van der Waals surface area contributed by atoms with Crippen LogP contribution in [0.2, 0.25) is 0 Å². The predicted molar refractivity (Wildman–Crippen MR) is 119 cm³/mol. The molecule has 4 N–H and O–H groups in total. The maximum atomic E-state index is 12.8. The second-order valence-electron chi connectivity index (χ2n) is 7.71. The van der Waals surface area contributed by atoms with E-state index >= 15 is 0 Å². The molecule has 0 aliphatic rings. The molecule has 0 radical (unpaired) electrons. The van der Waals surface area contributed by atoms with Crippen molar-refractivity contribution < 1.29 is 32.6 Å². The van der Waals surface area contributed by atoms with E-state index in [1.165, 1.54) is 19.2 Å². The van der Waals surface area contributed by atoms with Crippen molar-refractivity contribution in [2.24, 2.45) is 0 Å². The number of nitrogens with one attached hydrogen (secondary N) is 3. The molecule has 0 heterocycles. The van der Waals surface area contributed by atoms with Crippen molar-refractivity contribution in [1.29, 1.82) is 0 Å². The van der Waals surface area contributed by atoms with Crippen molar-refractivity contribution in [1.82, 2.24) is 5.32 Å². The summed E-state index contributed by atoms with van der Waals surface area (Å²) in [5.41, 5.74) is -0.515. The fourth-order valence-corrected chi connectivity index (χ4v) is 3.62. The fourth-order valence-electron chi connectivity index (χ4n) is 2.52. The number of hydrogen-bond donors (Lipinski definition) is 4. The van der Waals surface area contributed by atoms with E-state index in [1.807, 2.05) is 0 Å². The summed E-state index contributed by atoms with van der Waals surface area (Å²) in [6.07, 6.45) is -0.779. The van der Waals surface area contributed by atoms with E-state index in [-0.39, 0.29) is 35.0 Å². The second-order valence-corrected chi connectivity index (χ2v) is 9.39. The molecule has 0 aromatic heterocycles. The molecule has 0 fully saturated rings. The van der Waals surface area contributed by atoms with Crippen LogP contribution in [0.3, 0.4) is 0 Å². The normalized spacial score (nSPS) is 11.4. The van der Waals surface area contributed by atoms with Crippen LogP contribution in [0.1, 0.15) is 27.2 Å². The van der Waals surface area contributed by atoms with Gasteiger partial charge in [-0.2, -0.15) is 0 Å². The Kier molecular flexibility index (Phi) is 7.92. The highest BCUT2D eigenvalue weighted by molar-refractivity contribution is 7.92. The van der Waals surface area contributed by atoms with Gasteiger partial charge in [-0.15, -0.1) is 0 Å². The topological polar surface area (TPSA) is 143 Å². The predicted octanol–water partition coefficient (Wildman–Crippen LogP) is 3.05. The van der Waals surface area contributed by atoms with E-state index in [9.17, 15) is 23.1 Å². The Morgan fingerprint density at radius 3 is 2.41 bits per heavy atom. The van der Waals surface area contributed by atoms with Crippen LogP contribution in [0, 0.1) is 0 Å². The number of ether oxygens (including phenoxy) is 2. The summed E-state index contributed by atoms with van der Waals surface area (Å²) >= 11 is 0. The third kappa shape index (κ3) is 7.34. The second kappa shape index (κ2) is 10.2. The average molecular weight is 466 g/mol. The van der Waals surface area contributed by atoms with Gasteiger partial charge in [0.05, 0.1) is 23.4 Å². The lowest BCUT2D eigenvalue weighted by Crippen LogP contribution is -2.34. The van der Waals surface area contributed by atoms with Crippen LogP contribution in [-0.4, -0.2) is 44.8 Å². The fraction of sp³-hybridized carbons (Fsp3) is 0.333. The standard InChI is InChI=1S/C21H27N3O7S/c1-21(2,3)31-20(27)22-12-11-19(26)23-16-13-14(9-10-17(16)25)32(28,29)24-15-7-5-6-8-18(15)30-4/h5-10,13,24-25H,11-12H2,1-4H3,(H,22,27)(H,23,26). The Morgan fingerprint density at radius 1 is 1.06 bits per heavy atom. The van der Waals surface area contributed by atoms with Crippen molar-refractivity contribution >= 4 is 33.4 Å². The molecular weight excluding hydrogens is 438 g/mol. The largest absolute Gasteiger partial charge is 0.506 e. The van der Waals surface area contributed by atoms with E-state index < -0.39 is 27.6 Å². The van der Waals surface area contributed by atoms with Crippen LogP contribution in [0.25, 0.3) is 0 Å². The molecule has 2 aromatic rings. The zero-order chi connectivity index (χ0) is 23.9. The Hall–Kier alpha value is -3.47. The summed E-state index contributed by atoms with van der Waals surface area (Å²) in [6, 6.07) is 9.98. The lowest BCUT2D eigenvalue weighted by Gasteiger charge is -2.19. The highest BCUT2D eigenvalue weighted by atomic mass is 32.2. The number of phenols is 1. The number of para-hydroxylation sites is 2. The first-order chi connectivity index (χ1) is 14.9. The number of amides is 2. The number of benzene rings is 2. The van der Waals surface area contributed by atoms with Gasteiger partial charge in [-0.05, 0) is 51.1 Å². The van der Waals surface area contributed by atoms with Gasteiger partial charge in [-0.3, -0.25) is 9.52 Å². The molecule has 0 saturated carbocycles. The van der Waals surface area contributed by atoms with Gasteiger partial charge in [0.15, 0.2) is 0 Å². The Labute approximate surface area is 187 Å². The van der Waals surface area contributed by atoms with E-state index in [4.69, 9.17) is 9.47 Å². The monoisotopic (exact) mass is 465 g/mol. The zero-order valence-corrected chi connectivity index (χ0v) is 19.1. The number of phenolic OH excluding ortho intramolecular Hbond substituents is 1. The van der Waals surface area contributed by atoms with Crippen LogP contribution in [-0.2, 0) is 19.6 Å². The molecule has 2 rings (SSSR count). The molecule has 32 heavy (non-hydrogen) atoms. The van der Waals surface area contributed by atoms with Gasteiger partial charge in [0.1, 0.15) is 17.1 Å². The van der Waals surface area contributed by atoms with Crippen LogP contribution in [0.5, 0.6) is 11.5 Å². The molecule has 2 amide bonds. The van der Waals surface area contributed by atoms with E-state index in [1.54, 1.807) is 39.0 Å². The lowest BCUT2D eigenvalue weighted by molar-refractivity contribution is -0.116. The molecule has 11 heteroatoms. The van der Waals surface area contributed by atoms with Gasteiger partial charge < -0.3 is 25.2 Å². The summed E-state index contributed by atoms with van der Waals surface area (Å²) in [4.78, 5) is 23.6. The number of carbonyl (C=O) groups excluding carboxylic acids is 2. The summed E-state index contributed by atoms with van der Waals surface area (Å²) in [6.45, 7) is 5.14. The molecule has 0 aliphatic heterocycles. The molecular formula is C21H27N3O7S. The maximum absolute atomic E-state index is 12.8. The van der Waals surface area contributed by atoms with Gasteiger partial charge in [0.25, 0.3) is 10.0 Å². The third-order valence-corrected chi connectivity index (χ3v) is 5.29. The van der Waals surface area contributed by atoms with Crippen molar-refractivity contribution in [3.05, 3.63) is 42.5 Å². The van der Waals surface area contributed by atoms with Gasteiger partial charge in [-0.25, -0.2) is 13.2 Å². The van der Waals surface area contributed by atoms with Gasteiger partial charge in [0.2, 0.25) is 5.91 Å². The minimum Gasteiger partial charge on any atom is -0.506 e. The zero-order valence-electron chi connectivity index (χ0n) is 18.3. The van der Waals surface area contributed by atoms with Gasteiger partial charge >= 0.3 is 6.09 Å². The minimum absolute atomic E-state index is 0.00510. The summed E-state index contributed by atoms with van der Waals surface area (Å²) < 4.78 is 38.1. The quantitative estimate of drug-likeness (QED) is 0.439. The molecule has 0 atom stereocenters. The number of carbonyl (C=O) groups is 2. The van der Waals surface area contributed by atoms with E-state index in [0.29, 0.717) is 5.75 Å². The molecule has 10 nitrogen and oxygen atoms in total. The Morgan fingerprint density at radius 2 is 1.75 bits per heavy atom. The first-order valence-electron chi connectivity index (χ1n) is 9.67. The van der Waals surface area contributed by atoms with Crippen molar-refractivity contribution in [3.8, 4) is 11.5 Å². The number of methoxy groups -OCH3 is 1. The highest BCUT2D eigenvalue weighted by Crippen LogP contribution is 2.30. The number of hydrogen-bond acceptors (Lipinski definition) is 7. The van der Waals surface area contributed by atoms with Crippen molar-refractivity contribution in [2.75, 3.05) is 23.7 Å². The van der Waals surface area contributed by atoms with E-state index in [2.05, 4.69) is 15.4 Å². The molecule has 0 saturated heterocycles. The Balaban J connectivity index is 2.05. The smallest absolute Gasteiger partial charge is 0.407 e. The third-order valence-electron chi connectivity index (χ3n) is 3.92. The molecule has 0 unspecified atom stereocenters. The summed E-state index contributed by atoms with van der Waals surface area (Å²) in [5, 5.41) is 14.9. The molecule has 0 spiro atoms. The van der Waals surface area contributed by atoms with Crippen molar-refractivity contribution in [2.45, 2.75) is 37.7 Å². The number of rotatable bonds is 8. The van der Waals surface area contributed by atoms with E-state index in [0.717, 1.165) is 12.1 Å². The number of sulfonamides is 1. The first kappa shape index (κ1) is 24.8. The first-order valence-corrected chi connectivity index (χ1v) is 11.1. The maximum Gasteiger partial charge on any atom is 0.407 e. The highest BCUT2D eigenvalue weighted by Gasteiger charge is 2.19. The summed E-state index contributed by atoms with van der Waals surface area (Å²) in [7, 11) is -2.62. The van der Waals surface area contributed by atoms with Gasteiger partial charge in [-0.1, -0.05) is 12.1 Å². The SMILES string of the molecule is COc1ccccc1NS(=O)(=O)c1ccc(O)c(NC(=O)CCNC(=O)OC(C)(C)C)c1. The molecule has 0 aliphatic carbocycles. The van der Waals surface area contributed by atoms with Crippen LogP contribution in [0.15, 0.2) is 47.4 Å². The van der Waals surface area contributed by atoms with Crippen molar-refractivity contribution in [3.63, 3.8) is 0 Å². The van der Waals surface area contributed by atoms with Gasteiger partial charge in [0, 0.05) is 13.0 Å². The summed E-state index contributed by atoms with van der Waals surface area (Å²) in [5.74, 6) is -0.515. The number of aromatic hydroxyl groups is 1. The molecule has 174 valence electrons.